The molecule has 0 bridgehead atoms. The maximum atomic E-state index is 13.4. The van der Waals surface area contributed by atoms with Gasteiger partial charge in [0, 0.05) is 11.8 Å². The number of hydrogen-bond acceptors (Lipinski definition) is 4. The van der Waals surface area contributed by atoms with Crippen molar-refractivity contribution in [3.63, 3.8) is 0 Å². The van der Waals surface area contributed by atoms with Gasteiger partial charge in [-0.3, -0.25) is 9.69 Å². The Hall–Kier alpha value is -3.08. The van der Waals surface area contributed by atoms with E-state index >= 15 is 0 Å². The molecular formula is C20H18N2O3. The molecule has 25 heavy (non-hydrogen) atoms. The molecule has 5 nitrogen and oxygen atoms in total. The Kier molecular flexibility index (Phi) is 4.21. The lowest BCUT2D eigenvalue weighted by Crippen LogP contribution is -2.37. The second-order valence-electron chi connectivity index (χ2n) is 5.92. The van der Waals surface area contributed by atoms with Gasteiger partial charge in [0.15, 0.2) is 0 Å². The molecule has 1 aromatic carbocycles. The largest absolute Gasteiger partial charge is 0.493 e. The molecule has 0 radical (unpaired) electrons. The van der Waals surface area contributed by atoms with Gasteiger partial charge in [0.05, 0.1) is 25.3 Å². The summed E-state index contributed by atoms with van der Waals surface area (Å²) in [4.78, 5) is 19.4. The highest BCUT2D eigenvalue weighted by Gasteiger charge is 2.32. The number of amides is 1. The first-order chi connectivity index (χ1) is 12.3. The summed E-state index contributed by atoms with van der Waals surface area (Å²) in [6.45, 7) is 0.882. The summed E-state index contributed by atoms with van der Waals surface area (Å²) >= 11 is 0. The van der Waals surface area contributed by atoms with E-state index in [9.17, 15) is 4.79 Å². The molecule has 0 fully saturated rings. The quantitative estimate of drug-likeness (QED) is 0.729. The van der Waals surface area contributed by atoms with Crippen LogP contribution in [-0.2, 0) is 11.3 Å². The van der Waals surface area contributed by atoms with Crippen LogP contribution in [0.5, 0.6) is 5.75 Å². The van der Waals surface area contributed by atoms with E-state index < -0.39 is 0 Å². The van der Waals surface area contributed by atoms with E-state index in [0.29, 0.717) is 25.4 Å². The third-order valence-electron chi connectivity index (χ3n) is 4.34. The molecule has 126 valence electrons. The number of anilines is 1. The number of hydrogen-bond donors (Lipinski definition) is 0. The van der Waals surface area contributed by atoms with E-state index in [1.165, 1.54) is 0 Å². The summed E-state index contributed by atoms with van der Waals surface area (Å²) in [7, 11) is 0. The number of carbonyl (C=O) groups excluding carboxylic acids is 1. The van der Waals surface area contributed by atoms with Crippen LogP contribution in [0, 0.1) is 0 Å². The fraction of sp³-hybridized carbons (Fsp3) is 0.200. The van der Waals surface area contributed by atoms with Gasteiger partial charge in [-0.05, 0) is 36.8 Å². The van der Waals surface area contributed by atoms with E-state index in [0.717, 1.165) is 17.1 Å². The second kappa shape index (κ2) is 6.81. The van der Waals surface area contributed by atoms with Crippen LogP contribution in [0.4, 0.5) is 5.82 Å². The molecule has 1 amide bonds. The average molecular weight is 334 g/mol. The molecule has 4 rings (SSSR count). The highest BCUT2D eigenvalue weighted by Crippen LogP contribution is 2.35. The van der Waals surface area contributed by atoms with Gasteiger partial charge in [-0.1, -0.05) is 24.3 Å². The minimum Gasteiger partial charge on any atom is -0.493 e. The molecule has 0 spiro atoms. The van der Waals surface area contributed by atoms with Crippen molar-refractivity contribution in [3.05, 3.63) is 78.4 Å². The van der Waals surface area contributed by atoms with Crippen molar-refractivity contribution in [1.82, 2.24) is 4.98 Å². The van der Waals surface area contributed by atoms with Crippen molar-refractivity contribution in [2.75, 3.05) is 11.5 Å². The molecule has 3 aromatic rings. The first-order valence-corrected chi connectivity index (χ1v) is 8.29. The highest BCUT2D eigenvalue weighted by atomic mass is 16.5. The molecule has 0 unspecified atom stereocenters. The fourth-order valence-corrected chi connectivity index (χ4v) is 3.13. The van der Waals surface area contributed by atoms with Crippen LogP contribution in [0.3, 0.4) is 0 Å². The van der Waals surface area contributed by atoms with Crippen LogP contribution >= 0.6 is 0 Å². The fourth-order valence-electron chi connectivity index (χ4n) is 3.13. The standard InChI is InChI=1S/C20H18N2O3/c23-20(17-10-13-25-18-8-2-1-7-16(17)18)22(14-15-6-5-12-24-15)19-9-3-4-11-21-19/h1-9,11-12,17H,10,13-14H2/t17-/m0/s1. The average Bonchev–Trinajstić information content (AvgIpc) is 3.19. The number of aromatic nitrogens is 1. The zero-order valence-electron chi connectivity index (χ0n) is 13.7. The van der Waals surface area contributed by atoms with Crippen LogP contribution in [0.1, 0.15) is 23.7 Å². The summed E-state index contributed by atoms with van der Waals surface area (Å²) in [6.07, 6.45) is 3.95. The number of nitrogens with zero attached hydrogens (tertiary/aromatic N) is 2. The summed E-state index contributed by atoms with van der Waals surface area (Å²) in [5.41, 5.74) is 0.930. The highest BCUT2D eigenvalue weighted by molar-refractivity contribution is 5.97. The van der Waals surface area contributed by atoms with Gasteiger partial charge in [-0.2, -0.15) is 0 Å². The van der Waals surface area contributed by atoms with Crippen LogP contribution in [0.25, 0.3) is 0 Å². The normalized spacial score (nSPS) is 15.9. The number of pyridine rings is 1. The lowest BCUT2D eigenvalue weighted by Gasteiger charge is -2.30. The molecule has 0 aliphatic carbocycles. The van der Waals surface area contributed by atoms with Crippen molar-refractivity contribution in [3.8, 4) is 5.75 Å². The number of ether oxygens (including phenoxy) is 1. The first kappa shape index (κ1) is 15.4. The lowest BCUT2D eigenvalue weighted by atomic mass is 9.91. The molecule has 5 heteroatoms. The van der Waals surface area contributed by atoms with Crippen molar-refractivity contribution >= 4 is 11.7 Å². The molecule has 1 aliphatic rings. The van der Waals surface area contributed by atoms with Crippen molar-refractivity contribution in [2.24, 2.45) is 0 Å². The van der Waals surface area contributed by atoms with Gasteiger partial charge in [0.1, 0.15) is 17.3 Å². The lowest BCUT2D eigenvalue weighted by molar-refractivity contribution is -0.120. The topological polar surface area (TPSA) is 55.6 Å². The molecule has 1 aliphatic heterocycles. The number of carbonyl (C=O) groups is 1. The summed E-state index contributed by atoms with van der Waals surface area (Å²) < 4.78 is 11.1. The second-order valence-corrected chi connectivity index (χ2v) is 5.92. The molecule has 0 saturated heterocycles. The van der Waals surface area contributed by atoms with Crippen LogP contribution < -0.4 is 9.64 Å². The Bertz CT molecular complexity index is 846. The number of furan rings is 1. The van der Waals surface area contributed by atoms with Gasteiger partial charge in [0.2, 0.25) is 5.91 Å². The Balaban J connectivity index is 1.69. The number of rotatable bonds is 4. The zero-order chi connectivity index (χ0) is 17.1. The molecule has 3 heterocycles. The smallest absolute Gasteiger partial charge is 0.236 e. The summed E-state index contributed by atoms with van der Waals surface area (Å²) in [6, 6.07) is 17.0. The Morgan fingerprint density at radius 1 is 1.12 bits per heavy atom. The van der Waals surface area contributed by atoms with E-state index in [-0.39, 0.29) is 11.8 Å². The van der Waals surface area contributed by atoms with E-state index in [1.54, 1.807) is 17.4 Å². The Labute approximate surface area is 145 Å². The number of fused-ring (bicyclic) bond motifs is 1. The predicted octanol–water partition coefficient (Wildman–Crippen LogP) is 3.77. The van der Waals surface area contributed by atoms with E-state index in [2.05, 4.69) is 4.98 Å². The van der Waals surface area contributed by atoms with Crippen molar-refractivity contribution in [2.45, 2.75) is 18.9 Å². The maximum Gasteiger partial charge on any atom is 0.236 e. The molecular weight excluding hydrogens is 316 g/mol. The maximum absolute atomic E-state index is 13.4. The molecule has 1 atom stereocenters. The molecule has 2 aromatic heterocycles. The minimum absolute atomic E-state index is 0.00542. The predicted molar refractivity (Wildman–Crippen MR) is 93.4 cm³/mol. The monoisotopic (exact) mass is 334 g/mol. The Morgan fingerprint density at radius 3 is 2.80 bits per heavy atom. The number of para-hydroxylation sites is 1. The zero-order valence-corrected chi connectivity index (χ0v) is 13.7. The third-order valence-corrected chi connectivity index (χ3v) is 4.34. The summed E-state index contributed by atoms with van der Waals surface area (Å²) in [5.74, 6) is 1.88. The van der Waals surface area contributed by atoms with Gasteiger partial charge in [-0.25, -0.2) is 4.98 Å². The first-order valence-electron chi connectivity index (χ1n) is 8.29. The minimum atomic E-state index is -0.248. The third kappa shape index (κ3) is 3.13. The van der Waals surface area contributed by atoms with Crippen molar-refractivity contribution in [1.29, 1.82) is 0 Å². The van der Waals surface area contributed by atoms with Gasteiger partial charge >= 0.3 is 0 Å². The van der Waals surface area contributed by atoms with Gasteiger partial charge in [-0.15, -0.1) is 0 Å². The SMILES string of the molecule is O=C([C@H]1CCOc2ccccc21)N(Cc1ccco1)c1ccccn1. The van der Waals surface area contributed by atoms with E-state index in [4.69, 9.17) is 9.15 Å². The van der Waals surface area contributed by atoms with Gasteiger partial charge in [0.25, 0.3) is 0 Å². The van der Waals surface area contributed by atoms with Crippen LogP contribution in [0.2, 0.25) is 0 Å². The van der Waals surface area contributed by atoms with Crippen LogP contribution in [0.15, 0.2) is 71.5 Å². The van der Waals surface area contributed by atoms with Crippen LogP contribution in [-0.4, -0.2) is 17.5 Å². The van der Waals surface area contributed by atoms with Crippen molar-refractivity contribution < 1.29 is 13.9 Å². The summed E-state index contributed by atoms with van der Waals surface area (Å²) in [5, 5.41) is 0. The van der Waals surface area contributed by atoms with Gasteiger partial charge < -0.3 is 9.15 Å². The molecule has 0 saturated carbocycles. The molecule has 0 N–H and O–H groups in total. The Morgan fingerprint density at radius 2 is 2.00 bits per heavy atom. The van der Waals surface area contributed by atoms with E-state index in [1.807, 2.05) is 54.6 Å². The number of benzene rings is 1.